The molecule has 0 saturated carbocycles. The van der Waals surface area contributed by atoms with E-state index in [1.54, 1.807) is 0 Å². The summed E-state index contributed by atoms with van der Waals surface area (Å²) in [6.07, 6.45) is 13.2. The number of anilines is 3. The van der Waals surface area contributed by atoms with Gasteiger partial charge in [0.15, 0.2) is 0 Å². The Morgan fingerprint density at radius 3 is 0.701 bits per heavy atom. The molecule has 0 spiro atoms. The van der Waals surface area contributed by atoms with Crippen LogP contribution >= 0.6 is 0 Å². The molecule has 0 bridgehead atoms. The van der Waals surface area contributed by atoms with Crippen LogP contribution in [-0.4, -0.2) is 0 Å². The molecule has 0 aliphatic carbocycles. The molecule has 9 aromatic carbocycles. The first-order valence-corrected chi connectivity index (χ1v) is 23.3. The number of rotatable bonds is 12. The largest absolute Gasteiger partial charge is 0.311 e. The molecule has 0 aromatic heterocycles. The van der Waals surface area contributed by atoms with Crippen molar-refractivity contribution in [3.05, 3.63) is 267 Å². The standard InChI is InChI=1S/C66H57N/c1-46-7-10-49(4)61(43-46)28-19-52-13-22-55(23-14-52)58-31-37-64(38-32-58)67(65-39-33-59(34-40-65)56-24-15-53(16-25-56)20-29-62-44-47(2)8-11-50(62)5)66-41-35-60(36-42-66)57-26-17-54(18-27-57)21-30-63-45-48(3)9-12-51(63)6/h7-45H,1-6H3. The normalized spacial score (nSPS) is 11.6. The third-order valence-electron chi connectivity index (χ3n) is 12.8. The van der Waals surface area contributed by atoms with E-state index in [-0.39, 0.29) is 0 Å². The quantitative estimate of drug-likeness (QED) is 0.111. The Balaban J connectivity index is 0.968. The smallest absolute Gasteiger partial charge is 0.0462 e. The molecule has 9 aromatic rings. The van der Waals surface area contributed by atoms with Crippen molar-refractivity contribution in [3.8, 4) is 33.4 Å². The average molecular weight is 864 g/mol. The Morgan fingerprint density at radius 1 is 0.239 bits per heavy atom. The second kappa shape index (κ2) is 20.0. The van der Waals surface area contributed by atoms with Gasteiger partial charge in [0.1, 0.15) is 0 Å². The monoisotopic (exact) mass is 863 g/mol. The van der Waals surface area contributed by atoms with Gasteiger partial charge in [0.2, 0.25) is 0 Å². The Morgan fingerprint density at radius 2 is 0.463 bits per heavy atom. The Kier molecular flexibility index (Phi) is 13.2. The second-order valence-electron chi connectivity index (χ2n) is 17.9. The highest BCUT2D eigenvalue weighted by Gasteiger charge is 2.14. The predicted molar refractivity (Wildman–Crippen MR) is 292 cm³/mol. The SMILES string of the molecule is Cc1ccc(C)c(C=Cc2ccc(-c3ccc(N(c4ccc(-c5ccc(C=Cc6cc(C)ccc6C)cc5)cc4)c4ccc(-c5ccc(C=Cc6cc(C)ccc6C)cc5)cc4)cc3)cc2)c1. The molecular formula is C66H57N. The molecule has 67 heavy (non-hydrogen) atoms. The molecule has 0 atom stereocenters. The summed E-state index contributed by atoms with van der Waals surface area (Å²) in [6, 6.07) is 73.1. The van der Waals surface area contributed by atoms with E-state index in [1.165, 1.54) is 100 Å². The molecule has 0 aliphatic rings. The Labute approximate surface area is 398 Å². The summed E-state index contributed by atoms with van der Waals surface area (Å²) in [5, 5.41) is 0. The van der Waals surface area contributed by atoms with E-state index in [4.69, 9.17) is 0 Å². The van der Waals surface area contributed by atoms with Crippen molar-refractivity contribution in [3.63, 3.8) is 0 Å². The molecule has 0 aliphatic heterocycles. The van der Waals surface area contributed by atoms with Gasteiger partial charge in [-0.1, -0.05) is 217 Å². The van der Waals surface area contributed by atoms with E-state index in [9.17, 15) is 0 Å². The van der Waals surface area contributed by atoms with E-state index in [2.05, 4.69) is 283 Å². The van der Waals surface area contributed by atoms with Crippen LogP contribution in [0.15, 0.2) is 200 Å². The van der Waals surface area contributed by atoms with E-state index >= 15 is 0 Å². The van der Waals surface area contributed by atoms with Gasteiger partial charge in [0.25, 0.3) is 0 Å². The van der Waals surface area contributed by atoms with Crippen LogP contribution in [-0.2, 0) is 0 Å². The summed E-state index contributed by atoms with van der Waals surface area (Å²) in [5.41, 5.74) is 25.4. The molecular weight excluding hydrogens is 807 g/mol. The highest BCUT2D eigenvalue weighted by atomic mass is 15.1. The summed E-state index contributed by atoms with van der Waals surface area (Å²) in [4.78, 5) is 2.35. The van der Waals surface area contributed by atoms with Crippen molar-refractivity contribution in [2.45, 2.75) is 41.5 Å². The van der Waals surface area contributed by atoms with E-state index in [0.717, 1.165) is 17.1 Å². The predicted octanol–water partition coefficient (Wildman–Crippen LogP) is 18.5. The summed E-state index contributed by atoms with van der Waals surface area (Å²) in [6.45, 7) is 12.9. The fourth-order valence-electron chi connectivity index (χ4n) is 8.59. The second-order valence-corrected chi connectivity index (χ2v) is 17.9. The highest BCUT2D eigenvalue weighted by molar-refractivity contribution is 5.82. The first-order valence-electron chi connectivity index (χ1n) is 23.3. The van der Waals surface area contributed by atoms with Gasteiger partial charge in [0, 0.05) is 17.1 Å². The van der Waals surface area contributed by atoms with Gasteiger partial charge in [-0.2, -0.15) is 0 Å². The van der Waals surface area contributed by atoms with Crippen molar-refractivity contribution in [2.75, 3.05) is 4.90 Å². The van der Waals surface area contributed by atoms with Crippen LogP contribution in [0.25, 0.3) is 69.8 Å². The highest BCUT2D eigenvalue weighted by Crippen LogP contribution is 2.38. The maximum atomic E-state index is 2.35. The first kappa shape index (κ1) is 44.2. The summed E-state index contributed by atoms with van der Waals surface area (Å²) >= 11 is 0. The fraction of sp³-hybridized carbons (Fsp3) is 0.0909. The van der Waals surface area contributed by atoms with Crippen LogP contribution in [0.4, 0.5) is 17.1 Å². The molecule has 1 heteroatoms. The molecule has 0 radical (unpaired) electrons. The zero-order chi connectivity index (χ0) is 46.3. The summed E-state index contributed by atoms with van der Waals surface area (Å²) in [5.74, 6) is 0. The summed E-state index contributed by atoms with van der Waals surface area (Å²) < 4.78 is 0. The maximum Gasteiger partial charge on any atom is 0.0462 e. The lowest BCUT2D eigenvalue weighted by atomic mass is 10.0. The molecule has 0 N–H and O–H groups in total. The van der Waals surface area contributed by atoms with Crippen molar-refractivity contribution in [1.82, 2.24) is 0 Å². The van der Waals surface area contributed by atoms with Gasteiger partial charge in [-0.25, -0.2) is 0 Å². The Bertz CT molecular complexity index is 2860. The summed E-state index contributed by atoms with van der Waals surface area (Å²) in [7, 11) is 0. The van der Waals surface area contributed by atoms with E-state index < -0.39 is 0 Å². The molecule has 0 saturated heterocycles. The fourth-order valence-corrected chi connectivity index (χ4v) is 8.59. The molecule has 1 nitrogen and oxygen atoms in total. The Hall–Kier alpha value is -8.00. The molecule has 9 rings (SSSR count). The number of aryl methyl sites for hydroxylation is 6. The lowest BCUT2D eigenvalue weighted by molar-refractivity contribution is 1.28. The number of hydrogen-bond donors (Lipinski definition) is 0. The minimum atomic E-state index is 1.09. The third-order valence-corrected chi connectivity index (χ3v) is 12.8. The third kappa shape index (κ3) is 10.8. The number of nitrogens with zero attached hydrogens (tertiary/aromatic N) is 1. The zero-order valence-corrected chi connectivity index (χ0v) is 39.5. The van der Waals surface area contributed by atoms with Gasteiger partial charge in [0.05, 0.1) is 0 Å². The minimum absolute atomic E-state index is 1.09. The van der Waals surface area contributed by atoms with Gasteiger partial charge >= 0.3 is 0 Å². The number of benzene rings is 9. The molecule has 0 fully saturated rings. The lowest BCUT2D eigenvalue weighted by Gasteiger charge is -2.26. The molecule has 0 amide bonds. The van der Waals surface area contributed by atoms with Crippen LogP contribution in [0.3, 0.4) is 0 Å². The van der Waals surface area contributed by atoms with Gasteiger partial charge in [-0.15, -0.1) is 0 Å². The van der Waals surface area contributed by atoms with Crippen LogP contribution in [0.5, 0.6) is 0 Å². The van der Waals surface area contributed by atoms with Gasteiger partial charge < -0.3 is 4.90 Å². The van der Waals surface area contributed by atoms with Gasteiger partial charge in [-0.3, -0.25) is 0 Å². The zero-order valence-electron chi connectivity index (χ0n) is 39.5. The number of hydrogen-bond acceptors (Lipinski definition) is 1. The van der Waals surface area contributed by atoms with Gasteiger partial charge in [-0.05, 0) is 161 Å². The van der Waals surface area contributed by atoms with E-state index in [1.807, 2.05) is 0 Å². The minimum Gasteiger partial charge on any atom is -0.311 e. The van der Waals surface area contributed by atoms with Crippen LogP contribution in [0.2, 0.25) is 0 Å². The first-order chi connectivity index (χ1) is 32.6. The molecule has 0 unspecified atom stereocenters. The van der Waals surface area contributed by atoms with Crippen molar-refractivity contribution >= 4 is 53.5 Å². The van der Waals surface area contributed by atoms with Crippen molar-refractivity contribution in [2.24, 2.45) is 0 Å². The van der Waals surface area contributed by atoms with Crippen LogP contribution < -0.4 is 4.90 Å². The lowest BCUT2D eigenvalue weighted by Crippen LogP contribution is -2.09. The topological polar surface area (TPSA) is 3.24 Å². The molecule has 326 valence electrons. The van der Waals surface area contributed by atoms with Crippen LogP contribution in [0, 0.1) is 41.5 Å². The van der Waals surface area contributed by atoms with E-state index in [0.29, 0.717) is 0 Å². The average Bonchev–Trinajstić information content (AvgIpc) is 3.36. The van der Waals surface area contributed by atoms with Crippen LogP contribution in [0.1, 0.15) is 66.8 Å². The van der Waals surface area contributed by atoms with Crippen molar-refractivity contribution < 1.29 is 0 Å². The van der Waals surface area contributed by atoms with Crippen molar-refractivity contribution in [1.29, 1.82) is 0 Å². The molecule has 0 heterocycles. The maximum absolute atomic E-state index is 2.35.